The number of Topliss-reactive ketones (excluding diaryl/α,β-unsaturated/α-hetero) is 1. The van der Waals surface area contributed by atoms with E-state index in [-0.39, 0.29) is 12.2 Å². The Bertz CT molecular complexity index is 846. The first kappa shape index (κ1) is 17.7. The second-order valence-electron chi connectivity index (χ2n) is 6.10. The zero-order valence-electron chi connectivity index (χ0n) is 14.9. The smallest absolute Gasteiger partial charge is 0.340 e. The highest BCUT2D eigenvalue weighted by atomic mass is 16.5. The molecule has 2 aromatic rings. The van der Waals surface area contributed by atoms with E-state index < -0.39 is 11.5 Å². The fourth-order valence-corrected chi connectivity index (χ4v) is 3.53. The molecule has 0 aliphatic carbocycles. The normalized spacial score (nSPS) is 18.4. The van der Waals surface area contributed by atoms with Crippen molar-refractivity contribution in [1.29, 1.82) is 0 Å². The van der Waals surface area contributed by atoms with Gasteiger partial charge in [0.2, 0.25) is 11.3 Å². The third-order valence-corrected chi connectivity index (χ3v) is 4.72. The number of benzene rings is 2. The lowest BCUT2D eigenvalue weighted by atomic mass is 9.88. The molecular weight excluding hydrogens is 330 g/mol. The third-order valence-electron chi connectivity index (χ3n) is 4.72. The van der Waals surface area contributed by atoms with Crippen LogP contribution in [-0.4, -0.2) is 31.5 Å². The minimum atomic E-state index is -1.48. The molecule has 1 aliphatic rings. The fourth-order valence-electron chi connectivity index (χ4n) is 3.53. The lowest BCUT2D eigenvalue weighted by molar-refractivity contribution is -0.145. The van der Waals surface area contributed by atoms with E-state index in [0.29, 0.717) is 23.5 Å². The zero-order valence-corrected chi connectivity index (χ0v) is 14.9. The van der Waals surface area contributed by atoms with Gasteiger partial charge in [0, 0.05) is 13.0 Å². The molecule has 1 aliphatic heterocycles. The number of methoxy groups -OCH3 is 2. The number of ketones is 1. The lowest BCUT2D eigenvalue weighted by Gasteiger charge is -2.35. The number of nitrogens with zero attached hydrogens (tertiary/aromatic N) is 1. The van der Waals surface area contributed by atoms with Crippen LogP contribution in [0.3, 0.4) is 0 Å². The highest BCUT2D eigenvalue weighted by Gasteiger charge is 2.58. The molecule has 1 unspecified atom stereocenters. The molecule has 0 aromatic heterocycles. The maximum absolute atomic E-state index is 13.4. The van der Waals surface area contributed by atoms with Crippen molar-refractivity contribution in [1.82, 2.24) is 0 Å². The van der Waals surface area contributed by atoms with Crippen molar-refractivity contribution in [2.75, 3.05) is 19.1 Å². The monoisotopic (exact) mass is 351 g/mol. The predicted molar refractivity (Wildman–Crippen MR) is 99.5 cm³/mol. The molecule has 1 atom stereocenters. The van der Waals surface area contributed by atoms with Crippen LogP contribution in [-0.2, 0) is 16.1 Å². The number of hydrogen-bond donors (Lipinski definition) is 0. The molecule has 0 fully saturated rings. The molecule has 134 valence electrons. The molecule has 5 nitrogen and oxygen atoms in total. The number of ether oxygens (including phenoxy) is 2. The molecule has 0 saturated heterocycles. The van der Waals surface area contributed by atoms with E-state index in [9.17, 15) is 9.59 Å². The Hall–Kier alpha value is -3.08. The first-order valence-electron chi connectivity index (χ1n) is 8.32. The number of esters is 1. The van der Waals surface area contributed by atoms with Crippen molar-refractivity contribution < 1.29 is 19.1 Å². The third kappa shape index (κ3) is 2.56. The zero-order chi connectivity index (χ0) is 18.7. The Labute approximate surface area is 152 Å². The summed E-state index contributed by atoms with van der Waals surface area (Å²) in [6.45, 7) is 4.13. The summed E-state index contributed by atoms with van der Waals surface area (Å²) < 4.78 is 10.4. The maximum atomic E-state index is 13.4. The van der Waals surface area contributed by atoms with Gasteiger partial charge >= 0.3 is 5.97 Å². The highest BCUT2D eigenvalue weighted by Crippen LogP contribution is 2.46. The van der Waals surface area contributed by atoms with Crippen molar-refractivity contribution in [3.8, 4) is 5.75 Å². The summed E-state index contributed by atoms with van der Waals surface area (Å²) in [6.07, 6.45) is 1.72. The number of fused-ring (bicyclic) bond motifs is 1. The lowest BCUT2D eigenvalue weighted by Crippen LogP contribution is -2.56. The van der Waals surface area contributed by atoms with E-state index >= 15 is 0 Å². The quantitative estimate of drug-likeness (QED) is 0.454. The maximum Gasteiger partial charge on any atom is 0.340 e. The van der Waals surface area contributed by atoms with Gasteiger partial charge in [-0.25, -0.2) is 4.79 Å². The van der Waals surface area contributed by atoms with Crippen molar-refractivity contribution >= 4 is 17.4 Å². The van der Waals surface area contributed by atoms with Crippen molar-refractivity contribution in [2.45, 2.75) is 18.5 Å². The molecule has 0 N–H and O–H groups in total. The molecule has 1 heterocycles. The van der Waals surface area contributed by atoms with Crippen LogP contribution in [0, 0.1) is 0 Å². The summed E-state index contributed by atoms with van der Waals surface area (Å²) in [6, 6.07) is 15.0. The Morgan fingerprint density at radius 3 is 2.50 bits per heavy atom. The standard InChI is InChI=1S/C21H21NO4/c1-4-13-21(20(24)26-3)19(23)18-16(11-8-12-17(18)25-2)22(21)14-15-9-6-5-7-10-15/h4-12H,1,13-14H2,2-3H3. The summed E-state index contributed by atoms with van der Waals surface area (Å²) in [5.74, 6) is -0.482. The molecule has 0 saturated carbocycles. The number of carbonyl (C=O) groups excluding carboxylic acids is 2. The van der Waals surface area contributed by atoms with Gasteiger partial charge in [-0.3, -0.25) is 4.79 Å². The van der Waals surface area contributed by atoms with Gasteiger partial charge in [-0.1, -0.05) is 42.5 Å². The summed E-state index contributed by atoms with van der Waals surface area (Å²) in [5.41, 5.74) is 0.556. The Morgan fingerprint density at radius 2 is 1.88 bits per heavy atom. The van der Waals surface area contributed by atoms with Crippen LogP contribution in [0.1, 0.15) is 22.3 Å². The minimum absolute atomic E-state index is 0.142. The molecule has 0 bridgehead atoms. The number of hydrogen-bond acceptors (Lipinski definition) is 5. The van der Waals surface area contributed by atoms with Gasteiger partial charge in [0.05, 0.1) is 25.5 Å². The largest absolute Gasteiger partial charge is 0.496 e. The molecule has 2 aromatic carbocycles. The Kier molecular flexibility index (Phi) is 4.80. The van der Waals surface area contributed by atoms with E-state index in [2.05, 4.69) is 6.58 Å². The molecule has 26 heavy (non-hydrogen) atoms. The molecule has 0 radical (unpaired) electrons. The van der Waals surface area contributed by atoms with E-state index in [1.807, 2.05) is 42.5 Å². The molecule has 0 spiro atoms. The summed E-state index contributed by atoms with van der Waals surface area (Å²) >= 11 is 0. The van der Waals surface area contributed by atoms with Gasteiger partial charge in [0.1, 0.15) is 5.75 Å². The van der Waals surface area contributed by atoms with E-state index in [0.717, 1.165) is 5.56 Å². The average Bonchev–Trinajstić information content (AvgIpc) is 2.92. The fraction of sp³-hybridized carbons (Fsp3) is 0.238. The van der Waals surface area contributed by atoms with Crippen molar-refractivity contribution in [3.05, 3.63) is 72.3 Å². The van der Waals surface area contributed by atoms with Crippen LogP contribution in [0.15, 0.2) is 61.2 Å². The van der Waals surface area contributed by atoms with Crippen LogP contribution >= 0.6 is 0 Å². The first-order valence-corrected chi connectivity index (χ1v) is 8.32. The van der Waals surface area contributed by atoms with Crippen LogP contribution in [0.5, 0.6) is 5.75 Å². The van der Waals surface area contributed by atoms with E-state index in [1.165, 1.54) is 14.2 Å². The Morgan fingerprint density at radius 1 is 1.15 bits per heavy atom. The van der Waals surface area contributed by atoms with Gasteiger partial charge in [0.15, 0.2) is 0 Å². The van der Waals surface area contributed by atoms with E-state index in [1.54, 1.807) is 17.0 Å². The van der Waals surface area contributed by atoms with Gasteiger partial charge < -0.3 is 14.4 Å². The second-order valence-corrected chi connectivity index (χ2v) is 6.10. The SMILES string of the molecule is C=CCC1(C(=O)OC)C(=O)c2c(OC)cccc2N1Cc1ccccc1. The van der Waals surface area contributed by atoms with Gasteiger partial charge in [-0.05, 0) is 17.7 Å². The molecular formula is C21H21NO4. The average molecular weight is 351 g/mol. The predicted octanol–water partition coefficient (Wildman–Crippen LogP) is 3.39. The summed E-state index contributed by atoms with van der Waals surface area (Å²) in [4.78, 5) is 28.1. The van der Waals surface area contributed by atoms with Gasteiger partial charge in [-0.15, -0.1) is 6.58 Å². The van der Waals surface area contributed by atoms with Gasteiger partial charge in [-0.2, -0.15) is 0 Å². The molecule has 5 heteroatoms. The number of rotatable bonds is 6. The minimum Gasteiger partial charge on any atom is -0.496 e. The highest BCUT2D eigenvalue weighted by molar-refractivity contribution is 6.26. The first-order chi connectivity index (χ1) is 12.6. The van der Waals surface area contributed by atoms with Crippen LogP contribution in [0.4, 0.5) is 5.69 Å². The summed E-state index contributed by atoms with van der Waals surface area (Å²) in [7, 11) is 2.80. The summed E-state index contributed by atoms with van der Waals surface area (Å²) in [5, 5.41) is 0. The Balaban J connectivity index is 2.22. The van der Waals surface area contributed by atoms with Gasteiger partial charge in [0.25, 0.3) is 0 Å². The van der Waals surface area contributed by atoms with E-state index in [4.69, 9.17) is 9.47 Å². The molecule has 3 rings (SSSR count). The van der Waals surface area contributed by atoms with Crippen molar-refractivity contribution in [3.63, 3.8) is 0 Å². The van der Waals surface area contributed by atoms with Crippen LogP contribution in [0.2, 0.25) is 0 Å². The number of anilines is 1. The second kappa shape index (κ2) is 7.04. The topological polar surface area (TPSA) is 55.8 Å². The molecule has 0 amide bonds. The number of carbonyl (C=O) groups is 2. The van der Waals surface area contributed by atoms with Crippen molar-refractivity contribution in [2.24, 2.45) is 0 Å². The van der Waals surface area contributed by atoms with Crippen LogP contribution < -0.4 is 9.64 Å². The van der Waals surface area contributed by atoms with Crippen LogP contribution in [0.25, 0.3) is 0 Å².